The fourth-order valence-corrected chi connectivity index (χ4v) is 2.07. The Labute approximate surface area is 146 Å². The second kappa shape index (κ2) is 9.27. The maximum Gasteiger partial charge on any atom is 0.313 e. The number of nitrogens with one attached hydrogen (secondary N) is 2. The molecule has 0 aliphatic heterocycles. The number of amides is 2. The number of hydrogen-bond acceptors (Lipinski definition) is 5. The van der Waals surface area contributed by atoms with Crippen molar-refractivity contribution in [1.29, 1.82) is 0 Å². The topological polar surface area (TPSA) is 89.5 Å². The van der Waals surface area contributed by atoms with Crippen molar-refractivity contribution >= 4 is 17.5 Å². The summed E-state index contributed by atoms with van der Waals surface area (Å²) in [5.41, 5.74) is 1.12. The number of ether oxygens (including phenoxy) is 2. The van der Waals surface area contributed by atoms with Gasteiger partial charge in [-0.1, -0.05) is 6.07 Å². The highest BCUT2D eigenvalue weighted by Gasteiger charge is 2.15. The Morgan fingerprint density at radius 2 is 1.76 bits per heavy atom. The Hall–Kier alpha value is -3.09. The average molecular weight is 343 g/mol. The van der Waals surface area contributed by atoms with Crippen LogP contribution in [-0.4, -0.2) is 30.0 Å². The fraction of sp³-hybridized carbons (Fsp3) is 0.278. The molecule has 0 saturated carbocycles. The van der Waals surface area contributed by atoms with Gasteiger partial charge >= 0.3 is 11.8 Å². The molecule has 0 aliphatic rings. The van der Waals surface area contributed by atoms with Crippen LogP contribution in [-0.2, 0) is 16.1 Å². The van der Waals surface area contributed by atoms with Gasteiger partial charge in [0.1, 0.15) is 0 Å². The van der Waals surface area contributed by atoms with E-state index in [1.807, 2.05) is 19.9 Å². The lowest BCUT2D eigenvalue weighted by atomic mass is 10.2. The zero-order valence-corrected chi connectivity index (χ0v) is 14.2. The normalized spacial score (nSPS) is 10.0. The van der Waals surface area contributed by atoms with Gasteiger partial charge in [0.25, 0.3) is 0 Å². The standard InChI is InChI=1S/C18H21N3O4/c1-3-24-15-9-8-13(11-16(15)25-4-2)21-18(23)17(22)20-12-14-7-5-6-10-19-14/h5-11H,3-4,12H2,1-2H3,(H,20,22)(H,21,23). The number of carbonyl (C=O) groups excluding carboxylic acids is 2. The third-order valence-corrected chi connectivity index (χ3v) is 3.16. The van der Waals surface area contributed by atoms with E-state index in [1.165, 1.54) is 0 Å². The van der Waals surface area contributed by atoms with E-state index in [4.69, 9.17) is 9.47 Å². The molecular weight excluding hydrogens is 322 g/mol. The van der Waals surface area contributed by atoms with E-state index in [9.17, 15) is 9.59 Å². The second-order valence-electron chi connectivity index (χ2n) is 4.99. The van der Waals surface area contributed by atoms with Crippen LogP contribution in [0.15, 0.2) is 42.6 Å². The molecular formula is C18H21N3O4. The van der Waals surface area contributed by atoms with Gasteiger partial charge in [-0.05, 0) is 38.1 Å². The molecule has 2 amide bonds. The molecule has 0 spiro atoms. The van der Waals surface area contributed by atoms with E-state index in [-0.39, 0.29) is 6.54 Å². The van der Waals surface area contributed by atoms with Crippen molar-refractivity contribution in [3.63, 3.8) is 0 Å². The van der Waals surface area contributed by atoms with Crippen molar-refractivity contribution in [3.8, 4) is 11.5 Å². The maximum absolute atomic E-state index is 12.0. The Balaban J connectivity index is 1.96. The highest BCUT2D eigenvalue weighted by atomic mass is 16.5. The number of rotatable bonds is 7. The molecule has 0 radical (unpaired) electrons. The summed E-state index contributed by atoms with van der Waals surface area (Å²) in [6, 6.07) is 10.3. The molecule has 0 saturated heterocycles. The fourth-order valence-electron chi connectivity index (χ4n) is 2.07. The first kappa shape index (κ1) is 18.3. The third kappa shape index (κ3) is 5.49. The molecule has 1 aromatic heterocycles. The lowest BCUT2D eigenvalue weighted by Gasteiger charge is -2.13. The van der Waals surface area contributed by atoms with Crippen LogP contribution in [0.4, 0.5) is 5.69 Å². The highest BCUT2D eigenvalue weighted by Crippen LogP contribution is 2.30. The average Bonchev–Trinajstić information content (AvgIpc) is 2.63. The summed E-state index contributed by atoms with van der Waals surface area (Å²) in [6.45, 7) is 4.87. The first-order valence-corrected chi connectivity index (χ1v) is 8.02. The summed E-state index contributed by atoms with van der Waals surface area (Å²) in [6.07, 6.45) is 1.62. The van der Waals surface area contributed by atoms with Crippen molar-refractivity contribution in [2.45, 2.75) is 20.4 Å². The Kier molecular flexibility index (Phi) is 6.76. The monoisotopic (exact) mass is 343 g/mol. The quantitative estimate of drug-likeness (QED) is 0.752. The molecule has 0 fully saturated rings. The van der Waals surface area contributed by atoms with Crippen molar-refractivity contribution in [3.05, 3.63) is 48.3 Å². The lowest BCUT2D eigenvalue weighted by Crippen LogP contribution is -2.35. The van der Waals surface area contributed by atoms with Crippen molar-refractivity contribution < 1.29 is 19.1 Å². The number of aromatic nitrogens is 1. The molecule has 1 aromatic carbocycles. The molecule has 1 heterocycles. The van der Waals surface area contributed by atoms with Gasteiger partial charge < -0.3 is 20.1 Å². The molecule has 7 nitrogen and oxygen atoms in total. The minimum Gasteiger partial charge on any atom is -0.490 e. The van der Waals surface area contributed by atoms with Crippen LogP contribution < -0.4 is 20.1 Å². The van der Waals surface area contributed by atoms with Crippen LogP contribution >= 0.6 is 0 Å². The maximum atomic E-state index is 12.0. The summed E-state index contributed by atoms with van der Waals surface area (Å²) in [5, 5.41) is 5.06. The predicted octanol–water partition coefficient (Wildman–Crippen LogP) is 2.13. The van der Waals surface area contributed by atoms with Crippen molar-refractivity contribution in [2.75, 3.05) is 18.5 Å². The molecule has 25 heavy (non-hydrogen) atoms. The molecule has 0 bridgehead atoms. The number of anilines is 1. The molecule has 0 aliphatic carbocycles. The Morgan fingerprint density at radius 1 is 1.00 bits per heavy atom. The van der Waals surface area contributed by atoms with Crippen molar-refractivity contribution in [1.82, 2.24) is 10.3 Å². The molecule has 132 valence electrons. The van der Waals surface area contributed by atoms with Crippen LogP contribution in [0.25, 0.3) is 0 Å². The van der Waals surface area contributed by atoms with Gasteiger partial charge in [-0.2, -0.15) is 0 Å². The zero-order valence-electron chi connectivity index (χ0n) is 14.2. The van der Waals surface area contributed by atoms with Crippen LogP contribution in [0.3, 0.4) is 0 Å². The third-order valence-electron chi connectivity index (χ3n) is 3.16. The van der Waals surface area contributed by atoms with Crippen LogP contribution in [0.2, 0.25) is 0 Å². The van der Waals surface area contributed by atoms with E-state index in [1.54, 1.807) is 36.5 Å². The number of hydrogen-bond donors (Lipinski definition) is 2. The molecule has 2 aromatic rings. The Morgan fingerprint density at radius 3 is 2.44 bits per heavy atom. The van der Waals surface area contributed by atoms with Gasteiger partial charge in [-0.25, -0.2) is 0 Å². The van der Waals surface area contributed by atoms with Gasteiger partial charge in [0.2, 0.25) is 0 Å². The van der Waals surface area contributed by atoms with Crippen LogP contribution in [0, 0.1) is 0 Å². The first-order chi connectivity index (χ1) is 12.1. The summed E-state index contributed by atoms with van der Waals surface area (Å²) in [7, 11) is 0. The number of benzene rings is 1. The molecule has 0 unspecified atom stereocenters. The lowest BCUT2D eigenvalue weighted by molar-refractivity contribution is -0.136. The number of carbonyl (C=O) groups is 2. The minimum absolute atomic E-state index is 0.181. The largest absolute Gasteiger partial charge is 0.490 e. The van der Waals surface area contributed by atoms with Gasteiger partial charge in [-0.3, -0.25) is 14.6 Å². The van der Waals surface area contributed by atoms with E-state index in [0.29, 0.717) is 36.1 Å². The SMILES string of the molecule is CCOc1ccc(NC(=O)C(=O)NCc2ccccn2)cc1OCC. The van der Waals surface area contributed by atoms with Crippen molar-refractivity contribution in [2.24, 2.45) is 0 Å². The van der Waals surface area contributed by atoms with Gasteiger partial charge in [-0.15, -0.1) is 0 Å². The highest BCUT2D eigenvalue weighted by molar-refractivity contribution is 6.39. The summed E-state index contributed by atoms with van der Waals surface area (Å²) < 4.78 is 11.0. The van der Waals surface area contributed by atoms with E-state index >= 15 is 0 Å². The summed E-state index contributed by atoms with van der Waals surface area (Å²) >= 11 is 0. The van der Waals surface area contributed by atoms with Crippen LogP contribution in [0.5, 0.6) is 11.5 Å². The molecule has 0 atom stereocenters. The van der Waals surface area contributed by atoms with E-state index in [2.05, 4.69) is 15.6 Å². The van der Waals surface area contributed by atoms with Gasteiger partial charge in [0.15, 0.2) is 11.5 Å². The zero-order chi connectivity index (χ0) is 18.1. The number of nitrogens with zero attached hydrogens (tertiary/aromatic N) is 1. The predicted molar refractivity (Wildman–Crippen MR) is 93.5 cm³/mol. The first-order valence-electron chi connectivity index (χ1n) is 8.02. The number of pyridine rings is 1. The second-order valence-corrected chi connectivity index (χ2v) is 4.99. The van der Waals surface area contributed by atoms with Crippen LogP contribution in [0.1, 0.15) is 19.5 Å². The van der Waals surface area contributed by atoms with E-state index < -0.39 is 11.8 Å². The minimum atomic E-state index is -0.762. The summed E-state index contributed by atoms with van der Waals surface area (Å²) in [4.78, 5) is 28.0. The smallest absolute Gasteiger partial charge is 0.313 e. The molecule has 2 rings (SSSR count). The van der Waals surface area contributed by atoms with Gasteiger partial charge in [0, 0.05) is 18.0 Å². The molecule has 2 N–H and O–H groups in total. The van der Waals surface area contributed by atoms with Gasteiger partial charge in [0.05, 0.1) is 25.5 Å². The Bertz CT molecular complexity index is 720. The van der Waals surface area contributed by atoms with E-state index in [0.717, 1.165) is 0 Å². The summed E-state index contributed by atoms with van der Waals surface area (Å²) in [5.74, 6) is -0.405. The molecule has 7 heteroatoms.